The van der Waals surface area contributed by atoms with Crippen molar-refractivity contribution in [2.45, 2.75) is 31.6 Å². The molecule has 1 unspecified atom stereocenters. The molecule has 6 heteroatoms. The second kappa shape index (κ2) is 6.17. The van der Waals surface area contributed by atoms with E-state index >= 15 is 0 Å². The molecule has 18 heavy (non-hydrogen) atoms. The van der Waals surface area contributed by atoms with E-state index in [4.69, 9.17) is 0 Å². The Morgan fingerprint density at radius 2 is 2.00 bits per heavy atom. The molecule has 1 atom stereocenters. The van der Waals surface area contributed by atoms with Crippen LogP contribution in [0.1, 0.15) is 26.3 Å². The first-order chi connectivity index (χ1) is 8.33. The Hall–Kier alpha value is -1.11. The Balaban J connectivity index is 2.69. The summed E-state index contributed by atoms with van der Waals surface area (Å²) in [6.07, 6.45) is 0. The van der Waals surface area contributed by atoms with Crippen molar-refractivity contribution in [3.05, 3.63) is 39.9 Å². The van der Waals surface area contributed by atoms with Gasteiger partial charge in [0, 0.05) is 23.9 Å². The van der Waals surface area contributed by atoms with Gasteiger partial charge in [-0.15, -0.1) is 0 Å². The average molecular weight is 270 g/mol. The lowest BCUT2D eigenvalue weighted by atomic mass is 9.96. The fourth-order valence-corrected chi connectivity index (χ4v) is 2.09. The van der Waals surface area contributed by atoms with Gasteiger partial charge in [0.25, 0.3) is 5.69 Å². The molecule has 0 radical (unpaired) electrons. The van der Waals surface area contributed by atoms with Crippen molar-refractivity contribution < 1.29 is 10.0 Å². The highest BCUT2D eigenvalue weighted by atomic mass is 32.2. The maximum Gasteiger partial charge on any atom is 0.269 e. The summed E-state index contributed by atoms with van der Waals surface area (Å²) < 4.78 is 3.09. The van der Waals surface area contributed by atoms with Gasteiger partial charge >= 0.3 is 0 Å². The van der Waals surface area contributed by atoms with Crippen LogP contribution in [0.4, 0.5) is 5.69 Å². The van der Waals surface area contributed by atoms with Gasteiger partial charge in [-0.05, 0) is 24.6 Å². The monoisotopic (exact) mass is 270 g/mol. The molecular formula is C12H18N2O3S. The summed E-state index contributed by atoms with van der Waals surface area (Å²) in [6.45, 7) is 6.17. The van der Waals surface area contributed by atoms with E-state index in [-0.39, 0.29) is 5.69 Å². The lowest BCUT2D eigenvalue weighted by Crippen LogP contribution is -2.33. The van der Waals surface area contributed by atoms with E-state index < -0.39 is 10.5 Å². The zero-order valence-electron chi connectivity index (χ0n) is 10.7. The van der Waals surface area contributed by atoms with Crippen molar-refractivity contribution in [2.24, 2.45) is 0 Å². The van der Waals surface area contributed by atoms with Gasteiger partial charge in [0.05, 0.1) is 4.92 Å². The third-order valence-electron chi connectivity index (χ3n) is 2.44. The van der Waals surface area contributed by atoms with Crippen LogP contribution in [0.15, 0.2) is 24.3 Å². The molecule has 0 fully saturated rings. The van der Waals surface area contributed by atoms with Crippen molar-refractivity contribution >= 4 is 17.6 Å². The number of nitrogens with one attached hydrogen (secondary N) is 1. The van der Waals surface area contributed by atoms with Gasteiger partial charge in [-0.1, -0.05) is 25.8 Å². The van der Waals surface area contributed by atoms with E-state index in [1.54, 1.807) is 31.0 Å². The Bertz CT molecular complexity index is 404. The SMILES string of the molecule is CC(C)SNCC(C)(O)c1ccc([N+](=O)[O-])cc1. The van der Waals surface area contributed by atoms with E-state index in [1.807, 2.05) is 0 Å². The van der Waals surface area contributed by atoms with E-state index in [2.05, 4.69) is 18.6 Å². The van der Waals surface area contributed by atoms with Crippen LogP contribution in [0, 0.1) is 10.1 Å². The smallest absolute Gasteiger partial charge is 0.269 e. The lowest BCUT2D eigenvalue weighted by Gasteiger charge is -2.24. The number of non-ortho nitro benzene ring substituents is 1. The standard InChI is InChI=1S/C12H18N2O3S/c1-9(2)18-13-8-12(3,15)10-4-6-11(7-5-10)14(16)17/h4-7,9,13,15H,8H2,1-3H3. The fourth-order valence-electron chi connectivity index (χ4n) is 1.39. The summed E-state index contributed by atoms with van der Waals surface area (Å²) in [7, 11) is 0. The third-order valence-corrected chi connectivity index (χ3v) is 3.22. The normalized spacial score (nSPS) is 14.5. The number of benzene rings is 1. The molecular weight excluding hydrogens is 252 g/mol. The highest BCUT2D eigenvalue weighted by Gasteiger charge is 2.23. The molecule has 0 aliphatic rings. The summed E-state index contributed by atoms with van der Waals surface area (Å²) in [6, 6.07) is 5.97. The predicted molar refractivity (Wildman–Crippen MR) is 73.4 cm³/mol. The molecule has 5 nitrogen and oxygen atoms in total. The number of rotatable bonds is 6. The van der Waals surface area contributed by atoms with E-state index in [0.717, 1.165) is 0 Å². The highest BCUT2D eigenvalue weighted by molar-refractivity contribution is 7.97. The Morgan fingerprint density at radius 3 is 2.44 bits per heavy atom. The Kier molecular flexibility index (Phi) is 5.13. The minimum atomic E-state index is -1.04. The van der Waals surface area contributed by atoms with Crippen molar-refractivity contribution in [3.8, 4) is 0 Å². The van der Waals surface area contributed by atoms with Crippen LogP contribution in [0.3, 0.4) is 0 Å². The molecule has 0 saturated heterocycles. The van der Waals surface area contributed by atoms with Gasteiger partial charge in [0.1, 0.15) is 5.60 Å². The van der Waals surface area contributed by atoms with E-state index in [1.165, 1.54) is 12.1 Å². The van der Waals surface area contributed by atoms with Crippen LogP contribution >= 0.6 is 11.9 Å². The molecule has 1 rings (SSSR count). The summed E-state index contributed by atoms with van der Waals surface area (Å²) in [5.74, 6) is 0. The first-order valence-corrected chi connectivity index (χ1v) is 6.57. The average Bonchev–Trinajstić information content (AvgIpc) is 2.28. The largest absolute Gasteiger partial charge is 0.384 e. The number of nitro groups is 1. The van der Waals surface area contributed by atoms with Crippen LogP contribution in [-0.2, 0) is 5.60 Å². The number of aliphatic hydroxyl groups is 1. The topological polar surface area (TPSA) is 75.4 Å². The molecule has 0 aliphatic heterocycles. The maximum atomic E-state index is 10.5. The zero-order valence-corrected chi connectivity index (χ0v) is 11.5. The molecule has 0 bridgehead atoms. The van der Waals surface area contributed by atoms with Crippen LogP contribution < -0.4 is 4.72 Å². The van der Waals surface area contributed by atoms with Crippen molar-refractivity contribution in [1.29, 1.82) is 0 Å². The van der Waals surface area contributed by atoms with Crippen molar-refractivity contribution in [3.63, 3.8) is 0 Å². The van der Waals surface area contributed by atoms with Crippen molar-refractivity contribution in [2.75, 3.05) is 6.54 Å². The summed E-state index contributed by atoms with van der Waals surface area (Å²) >= 11 is 1.54. The second-order valence-electron chi connectivity index (χ2n) is 4.57. The molecule has 0 heterocycles. The molecule has 0 aromatic heterocycles. The van der Waals surface area contributed by atoms with Gasteiger partial charge in [0.15, 0.2) is 0 Å². The van der Waals surface area contributed by atoms with Crippen molar-refractivity contribution in [1.82, 2.24) is 4.72 Å². The molecule has 0 amide bonds. The van der Waals surface area contributed by atoms with Gasteiger partial charge in [-0.2, -0.15) is 0 Å². The van der Waals surface area contributed by atoms with E-state index in [9.17, 15) is 15.2 Å². The minimum Gasteiger partial charge on any atom is -0.384 e. The van der Waals surface area contributed by atoms with Crippen LogP contribution in [0.5, 0.6) is 0 Å². The number of hydrogen-bond donors (Lipinski definition) is 2. The fraction of sp³-hybridized carbons (Fsp3) is 0.500. The van der Waals surface area contributed by atoms with E-state index in [0.29, 0.717) is 17.4 Å². The lowest BCUT2D eigenvalue weighted by molar-refractivity contribution is -0.384. The first-order valence-electron chi connectivity index (χ1n) is 5.69. The first kappa shape index (κ1) is 14.9. The second-order valence-corrected chi connectivity index (χ2v) is 6.03. The molecule has 0 saturated carbocycles. The third kappa shape index (κ3) is 4.29. The minimum absolute atomic E-state index is 0.0269. The van der Waals surface area contributed by atoms with Gasteiger partial charge < -0.3 is 5.11 Å². The van der Waals surface area contributed by atoms with Crippen LogP contribution in [0.2, 0.25) is 0 Å². The van der Waals surface area contributed by atoms with Gasteiger partial charge in [0.2, 0.25) is 0 Å². The highest BCUT2D eigenvalue weighted by Crippen LogP contribution is 2.23. The summed E-state index contributed by atoms with van der Waals surface area (Å²) in [4.78, 5) is 10.1. The number of nitro benzene ring substituents is 1. The zero-order chi connectivity index (χ0) is 13.8. The quantitative estimate of drug-likeness (QED) is 0.472. The summed E-state index contributed by atoms with van der Waals surface area (Å²) in [5, 5.41) is 21.2. The van der Waals surface area contributed by atoms with Crippen LogP contribution in [0.25, 0.3) is 0 Å². The molecule has 0 aliphatic carbocycles. The molecule has 100 valence electrons. The molecule has 2 N–H and O–H groups in total. The van der Waals surface area contributed by atoms with Gasteiger partial charge in [-0.25, -0.2) is 0 Å². The Labute approximate surface area is 111 Å². The van der Waals surface area contributed by atoms with Gasteiger partial charge in [-0.3, -0.25) is 14.8 Å². The summed E-state index contributed by atoms with van der Waals surface area (Å²) in [5.41, 5.74) is -0.360. The molecule has 1 aromatic rings. The predicted octanol–water partition coefficient (Wildman–Crippen LogP) is 2.45. The molecule has 0 spiro atoms. The molecule has 1 aromatic carbocycles. The number of hydrogen-bond acceptors (Lipinski definition) is 5. The van der Waals surface area contributed by atoms with Crippen LogP contribution in [-0.4, -0.2) is 21.8 Å². The maximum absolute atomic E-state index is 10.5. The Morgan fingerprint density at radius 1 is 1.44 bits per heavy atom. The number of nitrogens with zero attached hydrogens (tertiary/aromatic N) is 1.